The highest BCUT2D eigenvalue weighted by Gasteiger charge is 2.12. The first-order valence-corrected chi connectivity index (χ1v) is 5.74. The van der Waals surface area contributed by atoms with Gasteiger partial charge in [0.2, 0.25) is 0 Å². The first-order chi connectivity index (χ1) is 9.24. The third-order valence-electron chi connectivity index (χ3n) is 2.69. The molecule has 1 aromatic heterocycles. The predicted molar refractivity (Wildman–Crippen MR) is 70.0 cm³/mol. The Bertz CT molecular complexity index is 668. The van der Waals surface area contributed by atoms with Crippen LogP contribution in [-0.4, -0.2) is 23.2 Å². The Morgan fingerprint density at radius 2 is 2.05 bits per heavy atom. The Labute approximate surface area is 108 Å². The Morgan fingerprint density at radius 1 is 1.26 bits per heavy atom. The van der Waals surface area contributed by atoms with Gasteiger partial charge >= 0.3 is 0 Å². The number of aromatic amines is 1. The monoisotopic (exact) mass is 260 g/mol. The molecule has 0 spiro atoms. The summed E-state index contributed by atoms with van der Waals surface area (Å²) in [5, 5.41) is 2.97. The van der Waals surface area contributed by atoms with Crippen LogP contribution in [-0.2, 0) is 0 Å². The molecule has 0 saturated heterocycles. The maximum Gasteiger partial charge on any atom is 0.276 e. The van der Waals surface area contributed by atoms with Crippen molar-refractivity contribution in [3.05, 3.63) is 34.9 Å². The second kappa shape index (κ2) is 4.52. The van der Waals surface area contributed by atoms with Crippen LogP contribution in [0.5, 0.6) is 11.5 Å². The van der Waals surface area contributed by atoms with E-state index in [1.54, 1.807) is 18.2 Å². The Balaban J connectivity index is 1.91. The molecule has 4 N–H and O–H groups in total. The van der Waals surface area contributed by atoms with Crippen molar-refractivity contribution in [1.82, 2.24) is 9.97 Å². The number of nitrogens with two attached hydrogens (primary N) is 1. The van der Waals surface area contributed by atoms with E-state index in [1.807, 2.05) is 0 Å². The molecule has 2 heterocycles. The standard InChI is InChI=1S/C12H12N4O3/c13-10-11(14-6-15-12(10)17)16-7-1-2-8-9(5-7)19-4-3-18-8/h1-2,5-6H,3-4,13H2,(H2,14,15,16,17). The molecule has 0 saturated carbocycles. The topological polar surface area (TPSA) is 102 Å². The molecular weight excluding hydrogens is 248 g/mol. The fraction of sp³-hybridized carbons (Fsp3) is 0.167. The van der Waals surface area contributed by atoms with E-state index in [9.17, 15) is 4.79 Å². The van der Waals surface area contributed by atoms with Crippen molar-refractivity contribution in [3.8, 4) is 11.5 Å². The van der Waals surface area contributed by atoms with Gasteiger partial charge in [-0.1, -0.05) is 0 Å². The zero-order valence-electron chi connectivity index (χ0n) is 9.97. The number of benzene rings is 1. The van der Waals surface area contributed by atoms with Gasteiger partial charge in [0, 0.05) is 11.8 Å². The average Bonchev–Trinajstić information content (AvgIpc) is 2.44. The molecule has 0 fully saturated rings. The fourth-order valence-corrected chi connectivity index (χ4v) is 1.77. The van der Waals surface area contributed by atoms with E-state index in [1.165, 1.54) is 6.33 Å². The molecule has 98 valence electrons. The molecule has 0 atom stereocenters. The predicted octanol–water partition coefficient (Wildman–Crippen LogP) is 0.867. The second-order valence-corrected chi connectivity index (χ2v) is 3.98. The van der Waals surface area contributed by atoms with Gasteiger partial charge in [0.05, 0.1) is 6.33 Å². The minimum absolute atomic E-state index is 0.0392. The number of nitrogens with one attached hydrogen (secondary N) is 2. The molecule has 3 rings (SSSR count). The first kappa shape index (κ1) is 11.4. The maximum atomic E-state index is 11.4. The van der Waals surface area contributed by atoms with E-state index in [2.05, 4.69) is 15.3 Å². The molecule has 2 aromatic rings. The van der Waals surface area contributed by atoms with Gasteiger partial charge in [-0.2, -0.15) is 0 Å². The Hall–Kier alpha value is -2.70. The zero-order chi connectivity index (χ0) is 13.2. The summed E-state index contributed by atoms with van der Waals surface area (Å²) in [4.78, 5) is 17.7. The first-order valence-electron chi connectivity index (χ1n) is 5.74. The number of aromatic nitrogens is 2. The average molecular weight is 260 g/mol. The van der Waals surface area contributed by atoms with Crippen molar-refractivity contribution >= 4 is 17.2 Å². The van der Waals surface area contributed by atoms with Crippen LogP contribution < -0.4 is 26.1 Å². The van der Waals surface area contributed by atoms with E-state index in [0.717, 1.165) is 0 Å². The highest BCUT2D eigenvalue weighted by Crippen LogP contribution is 2.33. The summed E-state index contributed by atoms with van der Waals surface area (Å²) in [7, 11) is 0. The number of ether oxygens (including phenoxy) is 2. The van der Waals surface area contributed by atoms with E-state index < -0.39 is 0 Å². The van der Waals surface area contributed by atoms with Crippen molar-refractivity contribution in [2.75, 3.05) is 24.3 Å². The lowest BCUT2D eigenvalue weighted by Crippen LogP contribution is -2.16. The molecule has 1 aliphatic heterocycles. The molecule has 0 bridgehead atoms. The highest BCUT2D eigenvalue weighted by molar-refractivity contribution is 5.69. The molecule has 1 aliphatic rings. The van der Waals surface area contributed by atoms with E-state index in [0.29, 0.717) is 36.2 Å². The van der Waals surface area contributed by atoms with E-state index in [-0.39, 0.29) is 11.2 Å². The summed E-state index contributed by atoms with van der Waals surface area (Å²) in [5.74, 6) is 1.66. The molecule has 19 heavy (non-hydrogen) atoms. The number of anilines is 3. The van der Waals surface area contributed by atoms with Crippen molar-refractivity contribution < 1.29 is 9.47 Å². The number of hydrogen-bond donors (Lipinski definition) is 3. The van der Waals surface area contributed by atoms with Crippen LogP contribution in [0.25, 0.3) is 0 Å². The lowest BCUT2D eigenvalue weighted by atomic mass is 10.2. The summed E-state index contributed by atoms with van der Waals surface area (Å²) in [6.07, 6.45) is 1.29. The van der Waals surface area contributed by atoms with Crippen LogP contribution in [0.2, 0.25) is 0 Å². The fourth-order valence-electron chi connectivity index (χ4n) is 1.77. The van der Waals surface area contributed by atoms with Crippen LogP contribution in [0.4, 0.5) is 17.2 Å². The largest absolute Gasteiger partial charge is 0.486 e. The number of hydrogen-bond acceptors (Lipinski definition) is 6. The maximum absolute atomic E-state index is 11.4. The van der Waals surface area contributed by atoms with Crippen LogP contribution >= 0.6 is 0 Å². The van der Waals surface area contributed by atoms with Gasteiger partial charge in [0.1, 0.15) is 18.9 Å². The van der Waals surface area contributed by atoms with E-state index >= 15 is 0 Å². The zero-order valence-corrected chi connectivity index (χ0v) is 9.97. The van der Waals surface area contributed by atoms with Crippen molar-refractivity contribution in [1.29, 1.82) is 0 Å². The SMILES string of the molecule is Nc1c(Nc2ccc3c(c2)OCCO3)nc[nH]c1=O. The molecular formula is C12H12N4O3. The quantitative estimate of drug-likeness (QED) is 0.740. The third kappa shape index (κ3) is 2.17. The molecule has 7 heteroatoms. The van der Waals surface area contributed by atoms with Gasteiger partial charge in [0.25, 0.3) is 5.56 Å². The minimum atomic E-state index is -0.380. The molecule has 0 amide bonds. The van der Waals surface area contributed by atoms with Crippen molar-refractivity contribution in [2.45, 2.75) is 0 Å². The summed E-state index contributed by atoms with van der Waals surface area (Å²) in [5.41, 5.74) is 6.02. The molecule has 0 unspecified atom stereocenters. The van der Waals surface area contributed by atoms with Gasteiger partial charge in [0.15, 0.2) is 17.3 Å². The van der Waals surface area contributed by atoms with Gasteiger partial charge in [-0.15, -0.1) is 0 Å². The number of H-pyrrole nitrogens is 1. The van der Waals surface area contributed by atoms with Crippen molar-refractivity contribution in [3.63, 3.8) is 0 Å². The molecule has 0 radical (unpaired) electrons. The van der Waals surface area contributed by atoms with Crippen LogP contribution in [0.1, 0.15) is 0 Å². The van der Waals surface area contributed by atoms with Crippen LogP contribution in [0, 0.1) is 0 Å². The molecule has 0 aliphatic carbocycles. The minimum Gasteiger partial charge on any atom is -0.486 e. The summed E-state index contributed by atoms with van der Waals surface area (Å²) >= 11 is 0. The molecule has 1 aromatic carbocycles. The Morgan fingerprint density at radius 3 is 2.89 bits per heavy atom. The smallest absolute Gasteiger partial charge is 0.276 e. The van der Waals surface area contributed by atoms with Gasteiger partial charge < -0.3 is 25.5 Å². The number of nitrogen functional groups attached to an aromatic ring is 1. The number of nitrogens with zero attached hydrogens (tertiary/aromatic N) is 1. The third-order valence-corrected chi connectivity index (χ3v) is 2.69. The van der Waals surface area contributed by atoms with Gasteiger partial charge in [-0.25, -0.2) is 4.98 Å². The lowest BCUT2D eigenvalue weighted by molar-refractivity contribution is 0.171. The summed E-state index contributed by atoms with van der Waals surface area (Å²) in [6, 6.07) is 5.37. The van der Waals surface area contributed by atoms with Crippen molar-refractivity contribution in [2.24, 2.45) is 0 Å². The normalized spacial score (nSPS) is 13.1. The second-order valence-electron chi connectivity index (χ2n) is 3.98. The number of fused-ring (bicyclic) bond motifs is 1. The summed E-state index contributed by atoms with van der Waals surface area (Å²) in [6.45, 7) is 1.06. The van der Waals surface area contributed by atoms with E-state index in [4.69, 9.17) is 15.2 Å². The highest BCUT2D eigenvalue weighted by atomic mass is 16.6. The van der Waals surface area contributed by atoms with Gasteiger partial charge in [-0.3, -0.25) is 4.79 Å². The Kier molecular flexibility index (Phi) is 2.71. The lowest BCUT2D eigenvalue weighted by Gasteiger charge is -2.19. The van der Waals surface area contributed by atoms with Crippen LogP contribution in [0.15, 0.2) is 29.3 Å². The van der Waals surface area contributed by atoms with Crippen LogP contribution in [0.3, 0.4) is 0 Å². The number of rotatable bonds is 2. The molecule has 7 nitrogen and oxygen atoms in total. The van der Waals surface area contributed by atoms with Gasteiger partial charge in [-0.05, 0) is 12.1 Å². The summed E-state index contributed by atoms with van der Waals surface area (Å²) < 4.78 is 10.9.